The van der Waals surface area contributed by atoms with Gasteiger partial charge in [-0.05, 0) is 31.5 Å². The molecule has 0 amide bonds. The van der Waals surface area contributed by atoms with E-state index in [1.54, 1.807) is 0 Å². The molecular weight excluding hydrogens is 230 g/mol. The van der Waals surface area contributed by atoms with Gasteiger partial charge in [0, 0.05) is 13.1 Å². The molecule has 1 aromatic rings. The van der Waals surface area contributed by atoms with E-state index in [4.69, 9.17) is 14.6 Å². The number of hydrogen-bond acceptors (Lipinski definition) is 4. The first-order valence-electron chi connectivity index (χ1n) is 6.37. The summed E-state index contributed by atoms with van der Waals surface area (Å²) in [5, 5.41) is 11.8. The van der Waals surface area contributed by atoms with Gasteiger partial charge in [0.25, 0.3) is 0 Å². The lowest BCUT2D eigenvalue weighted by Crippen LogP contribution is -2.20. The van der Waals surface area contributed by atoms with Crippen molar-refractivity contribution in [3.8, 4) is 5.75 Å². The van der Waals surface area contributed by atoms with E-state index in [-0.39, 0.29) is 12.7 Å². The number of aliphatic hydroxyl groups excluding tert-OH is 1. The molecule has 102 valence electrons. The Morgan fingerprint density at radius 1 is 1.17 bits per heavy atom. The molecule has 18 heavy (non-hydrogen) atoms. The first-order chi connectivity index (χ1) is 8.72. The maximum absolute atomic E-state index is 8.53. The van der Waals surface area contributed by atoms with E-state index < -0.39 is 0 Å². The van der Waals surface area contributed by atoms with Gasteiger partial charge < -0.3 is 19.9 Å². The number of ether oxygens (including phenoxy) is 2. The molecule has 0 bridgehead atoms. The molecule has 0 aliphatic heterocycles. The number of rotatable bonds is 9. The van der Waals surface area contributed by atoms with Crippen molar-refractivity contribution in [1.29, 1.82) is 0 Å². The minimum Gasteiger partial charge on any atom is -0.491 e. The van der Waals surface area contributed by atoms with Crippen molar-refractivity contribution in [2.45, 2.75) is 26.5 Å². The van der Waals surface area contributed by atoms with Gasteiger partial charge in [-0.3, -0.25) is 0 Å². The third-order valence-corrected chi connectivity index (χ3v) is 2.28. The van der Waals surface area contributed by atoms with E-state index in [0.29, 0.717) is 13.2 Å². The van der Waals surface area contributed by atoms with Crippen molar-refractivity contribution in [3.63, 3.8) is 0 Å². The fourth-order valence-electron chi connectivity index (χ4n) is 1.50. The monoisotopic (exact) mass is 253 g/mol. The Morgan fingerprint density at radius 2 is 1.89 bits per heavy atom. The smallest absolute Gasteiger partial charge is 0.119 e. The molecule has 4 nitrogen and oxygen atoms in total. The first kappa shape index (κ1) is 15.0. The highest BCUT2D eigenvalue weighted by Crippen LogP contribution is 2.13. The Morgan fingerprint density at radius 3 is 2.50 bits per heavy atom. The molecule has 0 unspecified atom stereocenters. The number of hydrogen-bond donors (Lipinski definition) is 2. The highest BCUT2D eigenvalue weighted by atomic mass is 16.5. The van der Waals surface area contributed by atoms with Crippen molar-refractivity contribution in [2.24, 2.45) is 0 Å². The van der Waals surface area contributed by atoms with Gasteiger partial charge in [-0.2, -0.15) is 0 Å². The zero-order valence-corrected chi connectivity index (χ0v) is 11.2. The van der Waals surface area contributed by atoms with Crippen molar-refractivity contribution in [1.82, 2.24) is 5.32 Å². The Hall–Kier alpha value is -1.10. The van der Waals surface area contributed by atoms with Crippen LogP contribution in [-0.2, 0) is 11.3 Å². The molecule has 0 radical (unpaired) electrons. The summed E-state index contributed by atoms with van der Waals surface area (Å²) in [6.45, 7) is 6.73. The zero-order valence-electron chi connectivity index (χ0n) is 11.2. The van der Waals surface area contributed by atoms with Crippen molar-refractivity contribution >= 4 is 0 Å². The fraction of sp³-hybridized carbons (Fsp3) is 0.571. The van der Waals surface area contributed by atoms with E-state index in [1.165, 1.54) is 5.56 Å². The van der Waals surface area contributed by atoms with Crippen molar-refractivity contribution < 1.29 is 14.6 Å². The van der Waals surface area contributed by atoms with E-state index in [0.717, 1.165) is 18.8 Å². The maximum Gasteiger partial charge on any atom is 0.119 e. The van der Waals surface area contributed by atoms with Crippen LogP contribution >= 0.6 is 0 Å². The molecule has 0 heterocycles. The predicted octanol–water partition coefficient (Wildman–Crippen LogP) is 1.57. The average molecular weight is 253 g/mol. The Balaban J connectivity index is 2.18. The van der Waals surface area contributed by atoms with Crippen LogP contribution in [0.2, 0.25) is 0 Å². The van der Waals surface area contributed by atoms with Crippen LogP contribution in [0.25, 0.3) is 0 Å². The summed E-state index contributed by atoms with van der Waals surface area (Å²) in [5.41, 5.74) is 1.22. The summed E-state index contributed by atoms with van der Waals surface area (Å²) in [7, 11) is 0. The largest absolute Gasteiger partial charge is 0.491 e. The third-order valence-electron chi connectivity index (χ3n) is 2.28. The van der Waals surface area contributed by atoms with Crippen molar-refractivity contribution in [2.75, 3.05) is 26.4 Å². The van der Waals surface area contributed by atoms with E-state index in [1.807, 2.05) is 26.0 Å². The van der Waals surface area contributed by atoms with Gasteiger partial charge in [-0.25, -0.2) is 0 Å². The standard InChI is InChI=1S/C14H23NO3/c1-12(2)18-14-5-3-13(4-6-14)11-15-7-9-17-10-8-16/h3-6,12,15-16H,7-11H2,1-2H3. The highest BCUT2D eigenvalue weighted by molar-refractivity contribution is 5.27. The van der Waals surface area contributed by atoms with E-state index in [2.05, 4.69) is 17.4 Å². The highest BCUT2D eigenvalue weighted by Gasteiger charge is 1.98. The molecule has 0 aliphatic rings. The third kappa shape index (κ3) is 6.59. The molecule has 0 saturated heterocycles. The molecule has 0 aromatic heterocycles. The van der Waals surface area contributed by atoms with Gasteiger partial charge in [0.05, 0.1) is 25.9 Å². The van der Waals surface area contributed by atoms with Crippen LogP contribution in [0.3, 0.4) is 0 Å². The molecule has 1 aromatic carbocycles. The van der Waals surface area contributed by atoms with Gasteiger partial charge in [-0.15, -0.1) is 0 Å². The van der Waals surface area contributed by atoms with Gasteiger partial charge in [-0.1, -0.05) is 12.1 Å². The normalized spacial score (nSPS) is 10.9. The molecule has 0 atom stereocenters. The second-order valence-corrected chi connectivity index (χ2v) is 4.32. The molecule has 1 rings (SSSR count). The lowest BCUT2D eigenvalue weighted by atomic mass is 10.2. The summed E-state index contributed by atoms with van der Waals surface area (Å²) in [4.78, 5) is 0. The summed E-state index contributed by atoms with van der Waals surface area (Å²) in [5.74, 6) is 0.903. The Labute approximate surface area is 109 Å². The topological polar surface area (TPSA) is 50.7 Å². The van der Waals surface area contributed by atoms with Gasteiger partial charge in [0.1, 0.15) is 5.75 Å². The first-order valence-corrected chi connectivity index (χ1v) is 6.37. The number of nitrogens with one attached hydrogen (secondary N) is 1. The summed E-state index contributed by atoms with van der Waals surface area (Å²) < 4.78 is 10.7. The van der Waals surface area contributed by atoms with Gasteiger partial charge in [0.15, 0.2) is 0 Å². The van der Waals surface area contributed by atoms with Crippen LogP contribution in [0, 0.1) is 0 Å². The molecule has 4 heteroatoms. The van der Waals surface area contributed by atoms with Gasteiger partial charge >= 0.3 is 0 Å². The van der Waals surface area contributed by atoms with Crippen LogP contribution < -0.4 is 10.1 Å². The Kier molecular flexibility index (Phi) is 7.41. The lowest BCUT2D eigenvalue weighted by Gasteiger charge is -2.10. The second-order valence-electron chi connectivity index (χ2n) is 4.32. The summed E-state index contributed by atoms with van der Waals surface area (Å²) in [6, 6.07) is 8.08. The fourth-order valence-corrected chi connectivity index (χ4v) is 1.50. The lowest BCUT2D eigenvalue weighted by molar-refractivity contribution is 0.0938. The van der Waals surface area contributed by atoms with Crippen LogP contribution in [-0.4, -0.2) is 37.6 Å². The Bertz CT molecular complexity index is 311. The van der Waals surface area contributed by atoms with Crippen LogP contribution in [0.15, 0.2) is 24.3 Å². The number of benzene rings is 1. The van der Waals surface area contributed by atoms with Gasteiger partial charge in [0.2, 0.25) is 0 Å². The van der Waals surface area contributed by atoms with Crippen molar-refractivity contribution in [3.05, 3.63) is 29.8 Å². The molecule has 0 aliphatic carbocycles. The van der Waals surface area contributed by atoms with E-state index in [9.17, 15) is 0 Å². The predicted molar refractivity (Wildman–Crippen MR) is 71.8 cm³/mol. The average Bonchev–Trinajstić information content (AvgIpc) is 2.35. The minimum atomic E-state index is 0.0807. The molecule has 0 fully saturated rings. The minimum absolute atomic E-state index is 0.0807. The molecule has 2 N–H and O–H groups in total. The van der Waals surface area contributed by atoms with Crippen LogP contribution in [0.4, 0.5) is 0 Å². The molecule has 0 saturated carbocycles. The quantitative estimate of drug-likeness (QED) is 0.656. The molecular formula is C14H23NO3. The number of aliphatic hydroxyl groups is 1. The summed E-state index contributed by atoms with van der Waals surface area (Å²) in [6.07, 6.45) is 0.206. The zero-order chi connectivity index (χ0) is 13.2. The maximum atomic E-state index is 8.53. The second kappa shape index (κ2) is 8.91. The van der Waals surface area contributed by atoms with E-state index >= 15 is 0 Å². The van der Waals surface area contributed by atoms with Crippen LogP contribution in [0.5, 0.6) is 5.75 Å². The molecule has 0 spiro atoms. The summed E-state index contributed by atoms with van der Waals surface area (Å²) >= 11 is 0. The van der Waals surface area contributed by atoms with Crippen LogP contribution in [0.1, 0.15) is 19.4 Å². The SMILES string of the molecule is CC(C)Oc1ccc(CNCCOCCO)cc1.